The van der Waals surface area contributed by atoms with Gasteiger partial charge in [0, 0.05) is 16.6 Å². The molecule has 9 heteroatoms. The predicted molar refractivity (Wildman–Crippen MR) is 124 cm³/mol. The van der Waals surface area contributed by atoms with Crippen molar-refractivity contribution in [1.82, 2.24) is 4.98 Å². The Labute approximate surface area is 194 Å². The molecule has 0 atom stereocenters. The van der Waals surface area contributed by atoms with Gasteiger partial charge in [0.25, 0.3) is 0 Å². The van der Waals surface area contributed by atoms with Crippen molar-refractivity contribution >= 4 is 45.1 Å². The zero-order valence-electron chi connectivity index (χ0n) is 18.6. The van der Waals surface area contributed by atoms with Crippen molar-refractivity contribution in [3.8, 4) is 0 Å². The highest BCUT2D eigenvalue weighted by Gasteiger charge is 2.29. The Kier molecular flexibility index (Phi) is 6.33. The number of benzene rings is 1. The van der Waals surface area contributed by atoms with Gasteiger partial charge in [0.1, 0.15) is 22.0 Å². The van der Waals surface area contributed by atoms with Crippen LogP contribution in [0.15, 0.2) is 18.2 Å². The number of carbonyl (C=O) groups excluding carboxylic acids is 3. The molecule has 0 radical (unpaired) electrons. The molecule has 1 aliphatic carbocycles. The van der Waals surface area contributed by atoms with E-state index in [9.17, 15) is 14.4 Å². The third-order valence-corrected chi connectivity index (χ3v) is 6.80. The Morgan fingerprint density at radius 1 is 1.03 bits per heavy atom. The maximum atomic E-state index is 13.4. The number of ether oxygens (including phenoxy) is 3. The van der Waals surface area contributed by atoms with Crippen LogP contribution in [0.4, 0.5) is 5.00 Å². The summed E-state index contributed by atoms with van der Waals surface area (Å²) >= 11 is 0.893. The second kappa shape index (κ2) is 9.19. The van der Waals surface area contributed by atoms with Crippen LogP contribution >= 0.6 is 11.3 Å². The molecule has 0 saturated carbocycles. The Balaban J connectivity index is 1.76. The minimum absolute atomic E-state index is 0.00756. The fourth-order valence-electron chi connectivity index (χ4n) is 4.19. The lowest BCUT2D eigenvalue weighted by Crippen LogP contribution is -2.17. The normalized spacial score (nSPS) is 12.8. The van der Waals surface area contributed by atoms with E-state index in [2.05, 4.69) is 0 Å². The van der Waals surface area contributed by atoms with Gasteiger partial charge in [-0.2, -0.15) is 0 Å². The fraction of sp³-hybridized carbons (Fsp3) is 0.333. The number of hydrogen-bond donors (Lipinski definition) is 1. The van der Waals surface area contributed by atoms with Gasteiger partial charge in [0.15, 0.2) is 0 Å². The van der Waals surface area contributed by atoms with Gasteiger partial charge in [-0.1, -0.05) is 11.6 Å². The first-order chi connectivity index (χ1) is 15.8. The summed E-state index contributed by atoms with van der Waals surface area (Å²) in [6.45, 7) is 1.62. The average Bonchev–Trinajstić information content (AvgIpc) is 3.15. The predicted octanol–water partition coefficient (Wildman–Crippen LogP) is 4.00. The number of nitrogens with zero attached hydrogens (tertiary/aromatic N) is 1. The first kappa shape index (κ1) is 22.7. The smallest absolute Gasteiger partial charge is 0.348 e. The quantitative estimate of drug-likeness (QED) is 0.441. The molecule has 2 heterocycles. The van der Waals surface area contributed by atoms with E-state index in [1.165, 1.54) is 14.2 Å². The summed E-state index contributed by atoms with van der Waals surface area (Å²) < 4.78 is 15.3. The molecule has 1 aliphatic rings. The SMILES string of the molecule is COC(=O)c1sc(N)c(C(=O)OC)c1COC(=O)c1c2c(nc3ccc(C)cc13)CCCC2. The zero-order valence-corrected chi connectivity index (χ0v) is 19.5. The Hall–Kier alpha value is -3.46. The van der Waals surface area contributed by atoms with Crippen LogP contribution in [-0.4, -0.2) is 37.1 Å². The van der Waals surface area contributed by atoms with E-state index in [-0.39, 0.29) is 27.6 Å². The molecule has 0 spiro atoms. The molecular weight excluding hydrogens is 444 g/mol. The second-order valence-corrected chi connectivity index (χ2v) is 8.90. The maximum Gasteiger partial charge on any atom is 0.348 e. The standard InChI is InChI=1S/C24H24N2O6S/c1-12-8-9-17-14(10-12)18(13-6-4-5-7-16(13)26-17)23(28)32-11-15-19(22(27)30-2)21(25)33-20(15)24(29)31-3/h8-10H,4-7,11,25H2,1-3H3. The lowest BCUT2D eigenvalue weighted by Gasteiger charge is -2.20. The van der Waals surface area contributed by atoms with E-state index >= 15 is 0 Å². The van der Waals surface area contributed by atoms with Crippen molar-refractivity contribution < 1.29 is 28.6 Å². The topological polar surface area (TPSA) is 118 Å². The molecule has 0 fully saturated rings. The molecule has 0 aliphatic heterocycles. The van der Waals surface area contributed by atoms with E-state index in [0.29, 0.717) is 5.56 Å². The summed E-state index contributed by atoms with van der Waals surface area (Å²) in [5.74, 6) is -1.93. The largest absolute Gasteiger partial charge is 0.465 e. The average molecular weight is 469 g/mol. The highest BCUT2D eigenvalue weighted by molar-refractivity contribution is 7.18. The number of esters is 3. The first-order valence-corrected chi connectivity index (χ1v) is 11.3. The van der Waals surface area contributed by atoms with Gasteiger partial charge in [-0.3, -0.25) is 4.98 Å². The lowest BCUT2D eigenvalue weighted by molar-refractivity contribution is 0.0453. The third-order valence-electron chi connectivity index (χ3n) is 5.76. The van der Waals surface area contributed by atoms with Crippen LogP contribution in [0.3, 0.4) is 0 Å². The Bertz CT molecular complexity index is 1280. The molecule has 33 heavy (non-hydrogen) atoms. The molecule has 2 aromatic heterocycles. The molecular formula is C24H24N2O6S. The number of nitrogen functional groups attached to an aromatic ring is 1. The van der Waals surface area contributed by atoms with E-state index in [4.69, 9.17) is 24.9 Å². The maximum absolute atomic E-state index is 13.4. The van der Waals surface area contributed by atoms with Crippen molar-refractivity contribution in [3.05, 3.63) is 56.6 Å². The molecule has 0 amide bonds. The molecule has 172 valence electrons. The third kappa shape index (κ3) is 4.16. The summed E-state index contributed by atoms with van der Waals surface area (Å²) in [6, 6.07) is 5.79. The van der Waals surface area contributed by atoms with Crippen molar-refractivity contribution in [2.24, 2.45) is 0 Å². The number of rotatable bonds is 5. The summed E-state index contributed by atoms with van der Waals surface area (Å²) in [6.07, 6.45) is 3.53. The van der Waals surface area contributed by atoms with E-state index in [0.717, 1.165) is 64.7 Å². The summed E-state index contributed by atoms with van der Waals surface area (Å²) in [5.41, 5.74) is 10.2. The molecule has 2 N–H and O–H groups in total. The number of carbonyl (C=O) groups is 3. The number of fused-ring (bicyclic) bond motifs is 2. The van der Waals surface area contributed by atoms with Crippen LogP contribution in [0.1, 0.15) is 65.6 Å². The van der Waals surface area contributed by atoms with Crippen LogP contribution in [0.25, 0.3) is 10.9 Å². The minimum atomic E-state index is -0.715. The Morgan fingerprint density at radius 2 is 1.76 bits per heavy atom. The van der Waals surface area contributed by atoms with E-state index in [1.54, 1.807) is 0 Å². The van der Waals surface area contributed by atoms with E-state index in [1.807, 2.05) is 25.1 Å². The molecule has 4 rings (SSSR count). The monoisotopic (exact) mass is 468 g/mol. The summed E-state index contributed by atoms with van der Waals surface area (Å²) in [4.78, 5) is 42.8. The molecule has 0 unspecified atom stereocenters. The fourth-order valence-corrected chi connectivity index (χ4v) is 5.17. The summed E-state index contributed by atoms with van der Waals surface area (Å²) in [7, 11) is 2.44. The number of hydrogen-bond acceptors (Lipinski definition) is 9. The number of anilines is 1. The summed E-state index contributed by atoms with van der Waals surface area (Å²) in [5, 5.41) is 0.822. The van der Waals surface area contributed by atoms with Crippen molar-refractivity contribution in [3.63, 3.8) is 0 Å². The van der Waals surface area contributed by atoms with Crippen LogP contribution in [0.2, 0.25) is 0 Å². The number of thiophene rings is 1. The van der Waals surface area contributed by atoms with Gasteiger partial charge < -0.3 is 19.9 Å². The number of pyridine rings is 1. The second-order valence-electron chi connectivity index (χ2n) is 7.85. The van der Waals surface area contributed by atoms with Crippen LogP contribution in [-0.2, 0) is 33.7 Å². The number of methoxy groups -OCH3 is 2. The van der Waals surface area contributed by atoms with Gasteiger partial charge in [-0.05, 0) is 50.3 Å². The lowest BCUT2D eigenvalue weighted by atomic mass is 9.89. The molecule has 1 aromatic carbocycles. The van der Waals surface area contributed by atoms with Crippen LogP contribution < -0.4 is 5.73 Å². The van der Waals surface area contributed by atoms with Gasteiger partial charge >= 0.3 is 17.9 Å². The van der Waals surface area contributed by atoms with Gasteiger partial charge in [-0.15, -0.1) is 11.3 Å². The van der Waals surface area contributed by atoms with Crippen LogP contribution in [0, 0.1) is 6.92 Å². The zero-order chi connectivity index (χ0) is 23.7. The highest BCUT2D eigenvalue weighted by Crippen LogP contribution is 2.34. The number of nitrogens with two attached hydrogens (primary N) is 1. The highest BCUT2D eigenvalue weighted by atomic mass is 32.1. The van der Waals surface area contributed by atoms with Crippen molar-refractivity contribution in [2.45, 2.75) is 39.2 Å². The first-order valence-electron chi connectivity index (χ1n) is 10.5. The van der Waals surface area contributed by atoms with Crippen LogP contribution in [0.5, 0.6) is 0 Å². The molecule has 3 aromatic rings. The number of aryl methyl sites for hydroxylation is 2. The van der Waals surface area contributed by atoms with Gasteiger partial charge in [-0.25, -0.2) is 14.4 Å². The Morgan fingerprint density at radius 3 is 2.48 bits per heavy atom. The van der Waals surface area contributed by atoms with Crippen molar-refractivity contribution in [2.75, 3.05) is 20.0 Å². The van der Waals surface area contributed by atoms with Crippen molar-refractivity contribution in [1.29, 1.82) is 0 Å². The number of aromatic nitrogens is 1. The molecule has 0 bridgehead atoms. The van der Waals surface area contributed by atoms with E-state index < -0.39 is 17.9 Å². The molecule has 0 saturated heterocycles. The van der Waals surface area contributed by atoms with Gasteiger partial charge in [0.2, 0.25) is 0 Å². The molecule has 8 nitrogen and oxygen atoms in total. The van der Waals surface area contributed by atoms with Gasteiger partial charge in [0.05, 0.1) is 25.3 Å². The minimum Gasteiger partial charge on any atom is -0.465 e.